The van der Waals surface area contributed by atoms with Gasteiger partial charge in [0, 0.05) is 12.1 Å². The standard InChI is InChI=1S/C21H24N4O4/c1-27-16-8-6-15(7-9-16)21-23-20(29-24-21)13-19(26)22-14-17(18-5-4-12-28-18)25-10-2-3-11-25/h4-9,12,17H,2-3,10-11,13-14H2,1H3,(H,22,26). The van der Waals surface area contributed by atoms with Gasteiger partial charge in [-0.25, -0.2) is 0 Å². The van der Waals surface area contributed by atoms with Crippen molar-refractivity contribution < 1.29 is 18.5 Å². The van der Waals surface area contributed by atoms with E-state index in [1.165, 1.54) is 12.8 Å². The summed E-state index contributed by atoms with van der Waals surface area (Å²) >= 11 is 0. The van der Waals surface area contributed by atoms with Crippen LogP contribution in [0.3, 0.4) is 0 Å². The first-order valence-electron chi connectivity index (χ1n) is 9.74. The number of nitrogens with zero attached hydrogens (tertiary/aromatic N) is 3. The second kappa shape index (κ2) is 8.91. The number of hydrogen-bond acceptors (Lipinski definition) is 7. The number of methoxy groups -OCH3 is 1. The highest BCUT2D eigenvalue weighted by Crippen LogP contribution is 2.25. The van der Waals surface area contributed by atoms with Crippen LogP contribution >= 0.6 is 0 Å². The summed E-state index contributed by atoms with van der Waals surface area (Å²) < 4.78 is 16.0. The third-order valence-electron chi connectivity index (χ3n) is 5.07. The number of furan rings is 1. The zero-order valence-corrected chi connectivity index (χ0v) is 16.3. The fourth-order valence-corrected chi connectivity index (χ4v) is 3.54. The lowest BCUT2D eigenvalue weighted by Crippen LogP contribution is -2.37. The van der Waals surface area contributed by atoms with Crippen molar-refractivity contribution in [1.29, 1.82) is 0 Å². The number of amides is 1. The molecule has 8 nitrogen and oxygen atoms in total. The molecule has 2 aromatic heterocycles. The molecule has 1 amide bonds. The van der Waals surface area contributed by atoms with Crippen LogP contribution in [0.25, 0.3) is 11.4 Å². The Morgan fingerprint density at radius 1 is 1.24 bits per heavy atom. The number of carbonyl (C=O) groups is 1. The predicted molar refractivity (Wildman–Crippen MR) is 105 cm³/mol. The number of benzene rings is 1. The molecule has 1 unspecified atom stereocenters. The molecule has 1 saturated heterocycles. The van der Waals surface area contributed by atoms with Gasteiger partial charge < -0.3 is 19.0 Å². The largest absolute Gasteiger partial charge is 0.497 e. The smallest absolute Gasteiger partial charge is 0.236 e. The van der Waals surface area contributed by atoms with E-state index in [0.29, 0.717) is 12.4 Å². The second-order valence-corrected chi connectivity index (χ2v) is 7.00. The minimum Gasteiger partial charge on any atom is -0.497 e. The molecule has 0 spiro atoms. The van der Waals surface area contributed by atoms with E-state index in [-0.39, 0.29) is 24.3 Å². The van der Waals surface area contributed by atoms with Crippen molar-refractivity contribution >= 4 is 5.91 Å². The van der Waals surface area contributed by atoms with E-state index < -0.39 is 0 Å². The average Bonchev–Trinajstić information content (AvgIpc) is 3.51. The van der Waals surface area contributed by atoms with Gasteiger partial charge >= 0.3 is 0 Å². The van der Waals surface area contributed by atoms with Gasteiger partial charge in [0.15, 0.2) is 0 Å². The molecule has 1 aromatic carbocycles. The first-order chi connectivity index (χ1) is 14.2. The molecular weight excluding hydrogens is 372 g/mol. The maximum absolute atomic E-state index is 12.4. The highest BCUT2D eigenvalue weighted by atomic mass is 16.5. The highest BCUT2D eigenvalue weighted by molar-refractivity contribution is 5.77. The minimum atomic E-state index is -0.161. The normalized spacial score (nSPS) is 15.3. The predicted octanol–water partition coefficient (Wildman–Crippen LogP) is 2.83. The Kier molecular flexibility index (Phi) is 5.90. The lowest BCUT2D eigenvalue weighted by Gasteiger charge is -2.25. The Morgan fingerprint density at radius 3 is 2.72 bits per heavy atom. The molecular formula is C21H24N4O4. The Bertz CT molecular complexity index is 915. The van der Waals surface area contributed by atoms with Gasteiger partial charge in [0.05, 0.1) is 19.4 Å². The summed E-state index contributed by atoms with van der Waals surface area (Å²) in [6, 6.07) is 11.2. The van der Waals surface area contributed by atoms with Crippen molar-refractivity contribution in [2.45, 2.75) is 25.3 Å². The fourth-order valence-electron chi connectivity index (χ4n) is 3.54. The summed E-state index contributed by atoms with van der Waals surface area (Å²) in [5, 5.41) is 6.94. The molecule has 0 saturated carbocycles. The number of hydrogen-bond donors (Lipinski definition) is 1. The van der Waals surface area contributed by atoms with Crippen LogP contribution in [0.1, 0.15) is 30.5 Å². The number of nitrogens with one attached hydrogen (secondary N) is 1. The van der Waals surface area contributed by atoms with Crippen LogP contribution in [0.2, 0.25) is 0 Å². The molecule has 0 bridgehead atoms. The molecule has 152 valence electrons. The number of carbonyl (C=O) groups excluding carboxylic acids is 1. The molecule has 1 fully saturated rings. The van der Waals surface area contributed by atoms with Crippen LogP contribution in [-0.4, -0.2) is 47.7 Å². The van der Waals surface area contributed by atoms with Crippen LogP contribution < -0.4 is 10.1 Å². The summed E-state index contributed by atoms with van der Waals surface area (Å²) in [5.41, 5.74) is 0.799. The van der Waals surface area contributed by atoms with Gasteiger partial charge in [-0.05, 0) is 62.3 Å². The second-order valence-electron chi connectivity index (χ2n) is 7.00. The lowest BCUT2D eigenvalue weighted by atomic mass is 10.2. The molecule has 1 N–H and O–H groups in total. The zero-order chi connectivity index (χ0) is 20.1. The third kappa shape index (κ3) is 4.65. The Morgan fingerprint density at radius 2 is 2.03 bits per heavy atom. The molecule has 8 heteroatoms. The molecule has 3 aromatic rings. The first-order valence-corrected chi connectivity index (χ1v) is 9.74. The first kappa shape index (κ1) is 19.2. The lowest BCUT2D eigenvalue weighted by molar-refractivity contribution is -0.121. The van der Waals surface area contributed by atoms with Gasteiger partial charge in [-0.1, -0.05) is 5.16 Å². The van der Waals surface area contributed by atoms with Crippen LogP contribution in [0.4, 0.5) is 0 Å². The summed E-state index contributed by atoms with van der Waals surface area (Å²) in [6.45, 7) is 2.50. The van der Waals surface area contributed by atoms with Gasteiger partial charge in [-0.3, -0.25) is 9.69 Å². The number of aromatic nitrogens is 2. The van der Waals surface area contributed by atoms with E-state index in [4.69, 9.17) is 13.7 Å². The van der Waals surface area contributed by atoms with Crippen LogP contribution in [0, 0.1) is 0 Å². The quantitative estimate of drug-likeness (QED) is 0.626. The summed E-state index contributed by atoms with van der Waals surface area (Å²) in [7, 11) is 1.61. The summed E-state index contributed by atoms with van der Waals surface area (Å²) in [6.07, 6.45) is 4.04. The molecule has 1 atom stereocenters. The van der Waals surface area contributed by atoms with Crippen molar-refractivity contribution in [1.82, 2.24) is 20.4 Å². The van der Waals surface area contributed by atoms with E-state index in [1.54, 1.807) is 13.4 Å². The van der Waals surface area contributed by atoms with Gasteiger partial charge in [0.2, 0.25) is 17.6 Å². The van der Waals surface area contributed by atoms with Crippen molar-refractivity contribution in [3.8, 4) is 17.1 Å². The fraction of sp³-hybridized carbons (Fsp3) is 0.381. The molecule has 4 rings (SSSR count). The van der Waals surface area contributed by atoms with Crippen LogP contribution in [-0.2, 0) is 11.2 Å². The minimum absolute atomic E-state index is 0.0357. The number of rotatable bonds is 8. The van der Waals surface area contributed by atoms with E-state index in [9.17, 15) is 4.79 Å². The highest BCUT2D eigenvalue weighted by Gasteiger charge is 2.26. The van der Waals surface area contributed by atoms with E-state index in [2.05, 4.69) is 20.4 Å². The molecule has 29 heavy (non-hydrogen) atoms. The summed E-state index contributed by atoms with van der Waals surface area (Å²) in [5.74, 6) is 2.18. The SMILES string of the molecule is COc1ccc(-c2noc(CC(=O)NCC(c3ccco3)N3CCCC3)n2)cc1. The summed E-state index contributed by atoms with van der Waals surface area (Å²) in [4.78, 5) is 19.1. The Hall–Kier alpha value is -3.13. The van der Waals surface area contributed by atoms with Crippen molar-refractivity contribution in [3.63, 3.8) is 0 Å². The zero-order valence-electron chi connectivity index (χ0n) is 16.3. The molecule has 0 radical (unpaired) electrons. The molecule has 1 aliphatic rings. The maximum Gasteiger partial charge on any atom is 0.236 e. The van der Waals surface area contributed by atoms with Crippen molar-refractivity contribution in [2.24, 2.45) is 0 Å². The molecule has 0 aliphatic carbocycles. The van der Waals surface area contributed by atoms with Crippen molar-refractivity contribution in [2.75, 3.05) is 26.7 Å². The Balaban J connectivity index is 1.35. The third-order valence-corrected chi connectivity index (χ3v) is 5.07. The van der Waals surface area contributed by atoms with Gasteiger partial charge in [0.25, 0.3) is 0 Å². The van der Waals surface area contributed by atoms with Gasteiger partial charge in [-0.15, -0.1) is 0 Å². The monoisotopic (exact) mass is 396 g/mol. The van der Waals surface area contributed by atoms with E-state index >= 15 is 0 Å². The number of ether oxygens (including phenoxy) is 1. The molecule has 3 heterocycles. The van der Waals surface area contributed by atoms with Crippen molar-refractivity contribution in [3.05, 3.63) is 54.3 Å². The van der Waals surface area contributed by atoms with Crippen LogP contribution in [0.15, 0.2) is 51.6 Å². The van der Waals surface area contributed by atoms with Gasteiger partial charge in [0.1, 0.15) is 17.9 Å². The topological polar surface area (TPSA) is 93.6 Å². The van der Waals surface area contributed by atoms with Crippen LogP contribution in [0.5, 0.6) is 5.75 Å². The van der Waals surface area contributed by atoms with E-state index in [1.807, 2.05) is 36.4 Å². The van der Waals surface area contributed by atoms with E-state index in [0.717, 1.165) is 30.2 Å². The van der Waals surface area contributed by atoms with Gasteiger partial charge in [-0.2, -0.15) is 4.98 Å². The molecule has 1 aliphatic heterocycles. The average molecular weight is 396 g/mol. The maximum atomic E-state index is 12.4. The Labute approximate surface area is 168 Å². The number of likely N-dealkylation sites (tertiary alicyclic amines) is 1.